The van der Waals surface area contributed by atoms with Crippen LogP contribution >= 0.6 is 0 Å². The molecule has 1 unspecified atom stereocenters. The molecule has 0 aromatic heterocycles. The van der Waals surface area contributed by atoms with Crippen molar-refractivity contribution in [1.29, 1.82) is 0 Å². The van der Waals surface area contributed by atoms with Crippen molar-refractivity contribution >= 4 is 11.6 Å². The molecule has 94 valence electrons. The number of benzene rings is 1. The zero-order valence-electron chi connectivity index (χ0n) is 9.81. The highest BCUT2D eigenvalue weighted by atomic mass is 16.3. The number of amides is 1. The molecule has 0 aliphatic heterocycles. The molecule has 1 amide bonds. The number of carbonyl (C=O) groups excluding carboxylic acids is 1. The lowest BCUT2D eigenvalue weighted by atomic mass is 10.1. The van der Waals surface area contributed by atoms with E-state index < -0.39 is 0 Å². The number of aliphatic hydroxyl groups excluding tert-OH is 1. The molecule has 5 N–H and O–H groups in total. The Bertz CT molecular complexity index is 393. The molecule has 1 atom stereocenters. The van der Waals surface area contributed by atoms with Gasteiger partial charge in [-0.3, -0.25) is 4.79 Å². The highest BCUT2D eigenvalue weighted by Crippen LogP contribution is 2.24. The Morgan fingerprint density at radius 2 is 2.24 bits per heavy atom. The predicted octanol–water partition coefficient (Wildman–Crippen LogP) is 0.723. The fraction of sp³-hybridized carbons (Fsp3) is 0.417. The first-order valence-electron chi connectivity index (χ1n) is 5.52. The first kappa shape index (κ1) is 13.3. The fourth-order valence-electron chi connectivity index (χ4n) is 1.43. The number of nitrogens with one attached hydrogen (secondary N) is 1. The molecule has 0 saturated carbocycles. The van der Waals surface area contributed by atoms with Crippen molar-refractivity contribution in [3.05, 3.63) is 23.8 Å². The highest BCUT2D eigenvalue weighted by Gasteiger charge is 2.13. The molecule has 0 spiro atoms. The lowest BCUT2D eigenvalue weighted by Crippen LogP contribution is -2.28. The van der Waals surface area contributed by atoms with Crippen LogP contribution in [0.25, 0.3) is 0 Å². The third-order valence-electron chi connectivity index (χ3n) is 2.54. The second kappa shape index (κ2) is 6.10. The summed E-state index contributed by atoms with van der Waals surface area (Å²) < 4.78 is 0. The Morgan fingerprint density at radius 1 is 1.53 bits per heavy atom. The van der Waals surface area contributed by atoms with Gasteiger partial charge in [0.15, 0.2) is 5.75 Å². The molecule has 1 rings (SSSR count). The van der Waals surface area contributed by atoms with Crippen LogP contribution in [0.5, 0.6) is 5.75 Å². The van der Waals surface area contributed by atoms with Crippen molar-refractivity contribution in [1.82, 2.24) is 5.32 Å². The molecular formula is C12H18N2O3. The number of phenols is 1. The number of aliphatic hydroxyl groups is 1. The standard InChI is InChI=1S/C12H18N2O3/c1-8(5-6-15)7-14-12(17)9-3-2-4-10(13)11(9)16/h2-4,8,15-16H,5-7,13H2,1H3,(H,14,17). The number of phenolic OH excluding ortho intramolecular Hbond substituents is 1. The minimum Gasteiger partial charge on any atom is -0.505 e. The third-order valence-corrected chi connectivity index (χ3v) is 2.54. The topological polar surface area (TPSA) is 95.6 Å². The number of nitrogens with two attached hydrogens (primary N) is 1. The average molecular weight is 238 g/mol. The minimum atomic E-state index is -0.361. The smallest absolute Gasteiger partial charge is 0.255 e. The molecule has 0 radical (unpaired) electrons. The Hall–Kier alpha value is -1.75. The lowest BCUT2D eigenvalue weighted by Gasteiger charge is -2.12. The van der Waals surface area contributed by atoms with Gasteiger partial charge in [-0.1, -0.05) is 13.0 Å². The van der Waals surface area contributed by atoms with E-state index in [1.165, 1.54) is 12.1 Å². The average Bonchev–Trinajstić information content (AvgIpc) is 2.30. The number of anilines is 1. The van der Waals surface area contributed by atoms with Crippen LogP contribution in [-0.4, -0.2) is 29.3 Å². The van der Waals surface area contributed by atoms with Crippen molar-refractivity contribution in [2.75, 3.05) is 18.9 Å². The zero-order chi connectivity index (χ0) is 12.8. The van der Waals surface area contributed by atoms with Crippen molar-refractivity contribution in [3.63, 3.8) is 0 Å². The Kier molecular flexibility index (Phi) is 4.78. The van der Waals surface area contributed by atoms with E-state index in [-0.39, 0.29) is 35.4 Å². The van der Waals surface area contributed by atoms with Gasteiger partial charge in [0.1, 0.15) is 0 Å². The Labute approximate surface area is 100 Å². The summed E-state index contributed by atoms with van der Waals surface area (Å²) >= 11 is 0. The van der Waals surface area contributed by atoms with Gasteiger partial charge < -0.3 is 21.3 Å². The number of hydrogen-bond donors (Lipinski definition) is 4. The van der Waals surface area contributed by atoms with Gasteiger partial charge in [0, 0.05) is 13.2 Å². The van der Waals surface area contributed by atoms with Crippen LogP contribution < -0.4 is 11.1 Å². The molecule has 0 aliphatic carbocycles. The quantitative estimate of drug-likeness (QED) is 0.449. The van der Waals surface area contributed by atoms with Crippen LogP contribution in [-0.2, 0) is 0 Å². The monoisotopic (exact) mass is 238 g/mol. The first-order valence-corrected chi connectivity index (χ1v) is 5.52. The summed E-state index contributed by atoms with van der Waals surface area (Å²) in [4.78, 5) is 11.7. The van der Waals surface area contributed by atoms with Gasteiger partial charge >= 0.3 is 0 Å². The minimum absolute atomic E-state index is 0.0978. The first-order chi connectivity index (χ1) is 8.06. The van der Waals surface area contributed by atoms with Gasteiger partial charge in [-0.05, 0) is 24.5 Å². The number of rotatable bonds is 5. The van der Waals surface area contributed by atoms with Gasteiger partial charge in [0.05, 0.1) is 11.3 Å². The summed E-state index contributed by atoms with van der Waals surface area (Å²) in [5.41, 5.74) is 5.85. The van der Waals surface area contributed by atoms with Gasteiger partial charge in [0.2, 0.25) is 0 Å². The maximum absolute atomic E-state index is 11.7. The van der Waals surface area contributed by atoms with Gasteiger partial charge in [-0.2, -0.15) is 0 Å². The Morgan fingerprint density at radius 3 is 2.88 bits per heavy atom. The second-order valence-corrected chi connectivity index (χ2v) is 4.07. The molecule has 0 saturated heterocycles. The molecule has 17 heavy (non-hydrogen) atoms. The largest absolute Gasteiger partial charge is 0.505 e. The van der Waals surface area contributed by atoms with Gasteiger partial charge in [0.25, 0.3) is 5.91 Å². The van der Waals surface area contributed by atoms with Crippen LogP contribution in [0.4, 0.5) is 5.69 Å². The number of hydrogen-bond acceptors (Lipinski definition) is 4. The summed E-state index contributed by atoms with van der Waals surface area (Å²) in [5, 5.41) is 21.0. The second-order valence-electron chi connectivity index (χ2n) is 4.07. The number of para-hydroxylation sites is 1. The van der Waals surface area contributed by atoms with Gasteiger partial charge in [-0.15, -0.1) is 0 Å². The molecule has 5 nitrogen and oxygen atoms in total. The van der Waals surface area contributed by atoms with Crippen LogP contribution in [0.3, 0.4) is 0 Å². The molecule has 0 heterocycles. The third kappa shape index (κ3) is 3.64. The van der Waals surface area contributed by atoms with E-state index in [1.807, 2.05) is 6.92 Å². The summed E-state index contributed by atoms with van der Waals surface area (Å²) in [6, 6.07) is 4.65. The van der Waals surface area contributed by atoms with Crippen LogP contribution in [0, 0.1) is 5.92 Å². The molecular weight excluding hydrogens is 220 g/mol. The van der Waals surface area contributed by atoms with E-state index in [9.17, 15) is 9.90 Å². The maximum atomic E-state index is 11.7. The van der Waals surface area contributed by atoms with E-state index >= 15 is 0 Å². The van der Waals surface area contributed by atoms with E-state index in [0.717, 1.165) is 0 Å². The summed E-state index contributed by atoms with van der Waals surface area (Å²) in [5.74, 6) is -0.369. The van der Waals surface area contributed by atoms with Crippen molar-refractivity contribution in [3.8, 4) is 5.75 Å². The van der Waals surface area contributed by atoms with Crippen LogP contribution in [0.15, 0.2) is 18.2 Å². The van der Waals surface area contributed by atoms with E-state index in [0.29, 0.717) is 13.0 Å². The summed E-state index contributed by atoms with van der Waals surface area (Å²) in [6.45, 7) is 2.48. The molecule has 1 aromatic rings. The fourth-order valence-corrected chi connectivity index (χ4v) is 1.43. The van der Waals surface area contributed by atoms with Gasteiger partial charge in [-0.25, -0.2) is 0 Å². The van der Waals surface area contributed by atoms with Crippen LogP contribution in [0.2, 0.25) is 0 Å². The predicted molar refractivity (Wildman–Crippen MR) is 65.7 cm³/mol. The SMILES string of the molecule is CC(CCO)CNC(=O)c1cccc(N)c1O. The maximum Gasteiger partial charge on any atom is 0.255 e. The summed E-state index contributed by atoms with van der Waals surface area (Å²) in [6.07, 6.45) is 0.628. The van der Waals surface area contributed by atoms with E-state index in [1.54, 1.807) is 6.07 Å². The van der Waals surface area contributed by atoms with E-state index in [2.05, 4.69) is 5.32 Å². The molecule has 0 fully saturated rings. The summed E-state index contributed by atoms with van der Waals surface area (Å²) in [7, 11) is 0. The van der Waals surface area contributed by atoms with Crippen molar-refractivity contribution < 1.29 is 15.0 Å². The number of nitrogen functional groups attached to an aromatic ring is 1. The molecule has 0 bridgehead atoms. The lowest BCUT2D eigenvalue weighted by molar-refractivity contribution is 0.0943. The number of aromatic hydroxyl groups is 1. The normalized spacial score (nSPS) is 12.1. The van der Waals surface area contributed by atoms with Crippen molar-refractivity contribution in [2.24, 2.45) is 5.92 Å². The van der Waals surface area contributed by atoms with E-state index in [4.69, 9.17) is 10.8 Å². The molecule has 5 heteroatoms. The Balaban J connectivity index is 2.61. The van der Waals surface area contributed by atoms with Crippen molar-refractivity contribution in [2.45, 2.75) is 13.3 Å². The zero-order valence-corrected chi connectivity index (χ0v) is 9.81. The number of carbonyl (C=O) groups is 1. The highest BCUT2D eigenvalue weighted by molar-refractivity contribution is 5.98. The molecule has 1 aromatic carbocycles. The van der Waals surface area contributed by atoms with Crippen LogP contribution in [0.1, 0.15) is 23.7 Å². The molecule has 0 aliphatic rings.